The predicted octanol–water partition coefficient (Wildman–Crippen LogP) is 2.84. The summed E-state index contributed by atoms with van der Waals surface area (Å²) in [5.74, 6) is 0.735. The van der Waals surface area contributed by atoms with Gasteiger partial charge in [-0.3, -0.25) is 9.09 Å². The van der Waals surface area contributed by atoms with E-state index in [0.29, 0.717) is 11.5 Å². The number of hydrogen-bond acceptors (Lipinski definition) is 5. The molecule has 0 aliphatic carbocycles. The van der Waals surface area contributed by atoms with Crippen molar-refractivity contribution in [2.45, 2.75) is 32.7 Å². The molecule has 3 aromatic rings. The Balaban J connectivity index is 1.95. The topological polar surface area (TPSA) is 74.1 Å². The van der Waals surface area contributed by atoms with Gasteiger partial charge in [-0.15, -0.1) is 0 Å². The van der Waals surface area contributed by atoms with Crippen LogP contribution in [0.25, 0.3) is 11.4 Å². The second-order valence-corrected chi connectivity index (χ2v) is 6.16. The van der Waals surface area contributed by atoms with Crippen molar-refractivity contribution in [1.29, 1.82) is 0 Å². The molecular formula is C16H17N3O3. The first-order valence-corrected chi connectivity index (χ1v) is 7.03. The Hall–Kier alpha value is -2.63. The summed E-state index contributed by atoms with van der Waals surface area (Å²) in [6.07, 6.45) is 0. The minimum absolute atomic E-state index is 0.132. The van der Waals surface area contributed by atoms with Gasteiger partial charge in [0.2, 0.25) is 0 Å². The summed E-state index contributed by atoms with van der Waals surface area (Å²) in [5, 5.41) is 7.88. The quantitative estimate of drug-likeness (QED) is 0.743. The highest BCUT2D eigenvalue weighted by Gasteiger charge is 2.21. The zero-order valence-electron chi connectivity index (χ0n) is 12.7. The van der Waals surface area contributed by atoms with Crippen LogP contribution in [0.4, 0.5) is 0 Å². The molecule has 6 heteroatoms. The smallest absolute Gasteiger partial charge is 0.361 e. The van der Waals surface area contributed by atoms with Crippen molar-refractivity contribution in [1.82, 2.24) is 14.9 Å². The number of hydrogen-bond donors (Lipinski definition) is 0. The highest BCUT2D eigenvalue weighted by Crippen LogP contribution is 2.23. The average Bonchev–Trinajstić information content (AvgIpc) is 3.08. The molecule has 1 aromatic carbocycles. The zero-order chi connectivity index (χ0) is 15.7. The van der Waals surface area contributed by atoms with Gasteiger partial charge in [-0.25, -0.2) is 4.79 Å². The normalized spacial score (nSPS) is 11.8. The van der Waals surface area contributed by atoms with E-state index < -0.39 is 5.76 Å². The Kier molecular flexibility index (Phi) is 3.44. The van der Waals surface area contributed by atoms with E-state index in [1.165, 1.54) is 4.57 Å². The fourth-order valence-electron chi connectivity index (χ4n) is 2.10. The molecular weight excluding hydrogens is 282 g/mol. The molecule has 0 N–H and O–H groups in total. The molecule has 3 rings (SSSR count). The molecule has 0 fully saturated rings. The molecule has 0 atom stereocenters. The summed E-state index contributed by atoms with van der Waals surface area (Å²) in [7, 11) is 0. The zero-order valence-corrected chi connectivity index (χ0v) is 12.7. The number of benzene rings is 1. The highest BCUT2D eigenvalue weighted by molar-refractivity contribution is 5.54. The van der Waals surface area contributed by atoms with E-state index in [9.17, 15) is 4.79 Å². The van der Waals surface area contributed by atoms with Crippen molar-refractivity contribution in [3.05, 3.63) is 58.4 Å². The average molecular weight is 299 g/mol. The first kappa shape index (κ1) is 14.3. The van der Waals surface area contributed by atoms with E-state index in [1.54, 1.807) is 0 Å². The van der Waals surface area contributed by atoms with Crippen molar-refractivity contribution in [3.63, 3.8) is 0 Å². The van der Waals surface area contributed by atoms with E-state index >= 15 is 0 Å². The molecule has 0 spiro atoms. The van der Waals surface area contributed by atoms with Gasteiger partial charge in [-0.2, -0.15) is 0 Å². The summed E-state index contributed by atoms with van der Waals surface area (Å²) in [4.78, 5) is 11.9. The third kappa shape index (κ3) is 2.72. The second-order valence-electron chi connectivity index (χ2n) is 6.16. The van der Waals surface area contributed by atoms with Crippen molar-refractivity contribution < 1.29 is 9.05 Å². The van der Waals surface area contributed by atoms with Gasteiger partial charge in [0.05, 0.1) is 6.54 Å². The van der Waals surface area contributed by atoms with Gasteiger partial charge in [0.15, 0.2) is 5.82 Å². The molecule has 2 aromatic heterocycles. The van der Waals surface area contributed by atoms with Crippen LogP contribution in [0.5, 0.6) is 0 Å². The molecule has 0 amide bonds. The fraction of sp³-hybridized carbons (Fsp3) is 0.312. The van der Waals surface area contributed by atoms with Gasteiger partial charge < -0.3 is 4.52 Å². The summed E-state index contributed by atoms with van der Waals surface area (Å²) < 4.78 is 11.6. The largest absolute Gasteiger partial charge is 0.442 e. The third-order valence-corrected chi connectivity index (χ3v) is 3.34. The molecule has 0 bridgehead atoms. The first-order valence-electron chi connectivity index (χ1n) is 7.03. The maximum atomic E-state index is 11.9. The Bertz CT molecular complexity index is 822. The van der Waals surface area contributed by atoms with Crippen LogP contribution in [0.1, 0.15) is 32.2 Å². The van der Waals surface area contributed by atoms with Crippen LogP contribution in [0.15, 0.2) is 50.2 Å². The lowest BCUT2D eigenvalue weighted by atomic mass is 9.93. The molecule has 0 unspecified atom stereocenters. The van der Waals surface area contributed by atoms with Crippen LogP contribution in [-0.4, -0.2) is 14.9 Å². The van der Waals surface area contributed by atoms with Crippen molar-refractivity contribution in [2.24, 2.45) is 0 Å². The van der Waals surface area contributed by atoms with Gasteiger partial charge in [-0.1, -0.05) is 61.4 Å². The van der Waals surface area contributed by atoms with Gasteiger partial charge in [-0.05, 0) is 0 Å². The summed E-state index contributed by atoms with van der Waals surface area (Å²) in [5.41, 5.74) is 1.34. The fourth-order valence-corrected chi connectivity index (χ4v) is 2.10. The van der Waals surface area contributed by atoms with Crippen LogP contribution in [0.3, 0.4) is 0 Å². The standard InChI is InChI=1S/C16H17N3O3/c1-16(2,3)13-9-12(17-21-13)10-19-14(18-22-15(19)20)11-7-5-4-6-8-11/h4-9H,10H2,1-3H3. The minimum Gasteiger partial charge on any atom is -0.361 e. The van der Waals surface area contributed by atoms with E-state index in [-0.39, 0.29) is 12.0 Å². The SMILES string of the molecule is CC(C)(C)c1cc(Cn2c(-c3ccccc3)noc2=O)no1. The lowest BCUT2D eigenvalue weighted by Gasteiger charge is -2.12. The molecule has 6 nitrogen and oxygen atoms in total. The van der Waals surface area contributed by atoms with Crippen molar-refractivity contribution >= 4 is 0 Å². The number of rotatable bonds is 3. The number of aromatic nitrogens is 3. The van der Waals surface area contributed by atoms with E-state index in [1.807, 2.05) is 57.2 Å². The highest BCUT2D eigenvalue weighted by atomic mass is 16.5. The predicted molar refractivity (Wildman–Crippen MR) is 80.5 cm³/mol. The maximum absolute atomic E-state index is 11.9. The monoisotopic (exact) mass is 299 g/mol. The van der Waals surface area contributed by atoms with Crippen LogP contribution >= 0.6 is 0 Å². The third-order valence-electron chi connectivity index (χ3n) is 3.34. The molecule has 0 radical (unpaired) electrons. The number of nitrogens with zero attached hydrogens (tertiary/aromatic N) is 3. The van der Waals surface area contributed by atoms with Crippen molar-refractivity contribution in [3.8, 4) is 11.4 Å². The minimum atomic E-state index is -0.515. The Morgan fingerprint density at radius 3 is 2.45 bits per heavy atom. The molecule has 114 valence electrons. The van der Waals surface area contributed by atoms with Crippen LogP contribution in [0.2, 0.25) is 0 Å². The summed E-state index contributed by atoms with van der Waals surface area (Å²) >= 11 is 0. The Labute approximate surface area is 127 Å². The van der Waals surface area contributed by atoms with Gasteiger partial charge >= 0.3 is 5.76 Å². The molecule has 0 saturated heterocycles. The summed E-state index contributed by atoms with van der Waals surface area (Å²) in [6.45, 7) is 6.38. The van der Waals surface area contributed by atoms with E-state index in [4.69, 9.17) is 9.05 Å². The molecule has 0 saturated carbocycles. The van der Waals surface area contributed by atoms with E-state index in [0.717, 1.165) is 11.3 Å². The molecule has 0 aliphatic heterocycles. The molecule has 2 heterocycles. The second kappa shape index (κ2) is 5.29. The Morgan fingerprint density at radius 2 is 1.82 bits per heavy atom. The van der Waals surface area contributed by atoms with Gasteiger partial charge in [0, 0.05) is 17.0 Å². The van der Waals surface area contributed by atoms with Crippen molar-refractivity contribution in [2.75, 3.05) is 0 Å². The van der Waals surface area contributed by atoms with E-state index in [2.05, 4.69) is 10.3 Å². The lowest BCUT2D eigenvalue weighted by molar-refractivity contribution is 0.324. The lowest BCUT2D eigenvalue weighted by Crippen LogP contribution is -2.16. The summed E-state index contributed by atoms with van der Waals surface area (Å²) in [6, 6.07) is 11.3. The maximum Gasteiger partial charge on any atom is 0.442 e. The van der Waals surface area contributed by atoms with Gasteiger partial charge in [0.1, 0.15) is 11.5 Å². The van der Waals surface area contributed by atoms with Crippen LogP contribution in [-0.2, 0) is 12.0 Å². The molecule has 22 heavy (non-hydrogen) atoms. The van der Waals surface area contributed by atoms with Crippen LogP contribution in [0, 0.1) is 0 Å². The Morgan fingerprint density at radius 1 is 1.09 bits per heavy atom. The first-order chi connectivity index (χ1) is 10.4. The van der Waals surface area contributed by atoms with Gasteiger partial charge in [0.25, 0.3) is 0 Å². The van der Waals surface area contributed by atoms with Crippen LogP contribution < -0.4 is 5.76 Å². The molecule has 0 aliphatic rings.